The molecule has 0 fully saturated rings. The van der Waals surface area contributed by atoms with Gasteiger partial charge in [0.1, 0.15) is 5.76 Å². The number of aryl methyl sites for hydroxylation is 1. The number of benzene rings is 1. The molecule has 0 aliphatic heterocycles. The molecule has 1 heterocycles. The molecule has 0 aliphatic rings. The predicted octanol–water partition coefficient (Wildman–Crippen LogP) is 3.88. The smallest absolute Gasteiger partial charge is 0.257 e. The number of carbonyl (C=O) groups excluding carboxylic acids is 1. The molecule has 0 bridgehead atoms. The Morgan fingerprint density at radius 2 is 2.05 bits per heavy atom. The van der Waals surface area contributed by atoms with E-state index in [0.717, 1.165) is 22.2 Å². The van der Waals surface area contributed by atoms with Crippen LogP contribution < -0.4 is 0 Å². The van der Waals surface area contributed by atoms with Gasteiger partial charge in [-0.1, -0.05) is 41.1 Å². The van der Waals surface area contributed by atoms with E-state index in [9.17, 15) is 4.79 Å². The number of hydrogen-bond acceptors (Lipinski definition) is 2. The standard InChI is InChI=1S/C15H16BrNO2/c1-3-14-12(8-9-19-14)15(18)17(2)10-11-6-4-5-7-13(11)16/h4-9H,3,10H2,1-2H3. The first-order chi connectivity index (χ1) is 9.13. The minimum Gasteiger partial charge on any atom is -0.469 e. The molecule has 0 radical (unpaired) electrons. The number of furan rings is 1. The molecule has 2 aromatic rings. The second kappa shape index (κ2) is 6.06. The Kier molecular flexibility index (Phi) is 4.43. The van der Waals surface area contributed by atoms with Crippen molar-refractivity contribution >= 4 is 21.8 Å². The summed E-state index contributed by atoms with van der Waals surface area (Å²) < 4.78 is 6.31. The van der Waals surface area contributed by atoms with E-state index >= 15 is 0 Å². The van der Waals surface area contributed by atoms with Crippen LogP contribution in [-0.4, -0.2) is 17.9 Å². The molecule has 2 rings (SSSR count). The van der Waals surface area contributed by atoms with Gasteiger partial charge in [0.25, 0.3) is 5.91 Å². The Morgan fingerprint density at radius 1 is 1.32 bits per heavy atom. The van der Waals surface area contributed by atoms with E-state index in [0.29, 0.717) is 12.1 Å². The van der Waals surface area contributed by atoms with Crippen LogP contribution in [0.1, 0.15) is 28.6 Å². The Bertz CT molecular complexity index is 577. The highest BCUT2D eigenvalue weighted by Crippen LogP contribution is 2.19. The molecule has 1 amide bonds. The molecule has 0 aliphatic carbocycles. The van der Waals surface area contributed by atoms with Gasteiger partial charge in [-0.25, -0.2) is 0 Å². The normalized spacial score (nSPS) is 10.5. The van der Waals surface area contributed by atoms with Crippen LogP contribution >= 0.6 is 15.9 Å². The van der Waals surface area contributed by atoms with Gasteiger partial charge < -0.3 is 9.32 Å². The Hall–Kier alpha value is -1.55. The molecule has 1 aromatic carbocycles. The highest BCUT2D eigenvalue weighted by atomic mass is 79.9. The van der Waals surface area contributed by atoms with E-state index in [4.69, 9.17) is 4.42 Å². The summed E-state index contributed by atoms with van der Waals surface area (Å²) in [7, 11) is 1.80. The largest absolute Gasteiger partial charge is 0.469 e. The highest BCUT2D eigenvalue weighted by molar-refractivity contribution is 9.10. The Morgan fingerprint density at radius 3 is 2.74 bits per heavy atom. The average Bonchev–Trinajstić information content (AvgIpc) is 2.88. The van der Waals surface area contributed by atoms with Crippen molar-refractivity contribution in [3.05, 3.63) is 58.0 Å². The maximum Gasteiger partial charge on any atom is 0.257 e. The van der Waals surface area contributed by atoms with Crippen molar-refractivity contribution in [1.82, 2.24) is 4.90 Å². The van der Waals surface area contributed by atoms with Crippen molar-refractivity contribution in [3.8, 4) is 0 Å². The lowest BCUT2D eigenvalue weighted by Gasteiger charge is -2.18. The van der Waals surface area contributed by atoms with Crippen molar-refractivity contribution in [3.63, 3.8) is 0 Å². The van der Waals surface area contributed by atoms with Crippen molar-refractivity contribution in [2.75, 3.05) is 7.05 Å². The first-order valence-corrected chi connectivity index (χ1v) is 6.98. The predicted molar refractivity (Wildman–Crippen MR) is 78.0 cm³/mol. The van der Waals surface area contributed by atoms with Gasteiger partial charge in [-0.05, 0) is 17.7 Å². The number of hydrogen-bond donors (Lipinski definition) is 0. The molecule has 4 heteroatoms. The average molecular weight is 322 g/mol. The molecule has 0 saturated heterocycles. The molecule has 0 N–H and O–H groups in total. The van der Waals surface area contributed by atoms with Crippen molar-refractivity contribution in [1.29, 1.82) is 0 Å². The van der Waals surface area contributed by atoms with Crippen LogP contribution in [0.2, 0.25) is 0 Å². The SMILES string of the molecule is CCc1occc1C(=O)N(C)Cc1ccccc1Br. The van der Waals surface area contributed by atoms with E-state index in [-0.39, 0.29) is 5.91 Å². The monoisotopic (exact) mass is 321 g/mol. The molecule has 0 saturated carbocycles. The van der Waals surface area contributed by atoms with Crippen LogP contribution in [0.3, 0.4) is 0 Å². The highest BCUT2D eigenvalue weighted by Gasteiger charge is 2.18. The van der Waals surface area contributed by atoms with Crippen molar-refractivity contribution in [2.45, 2.75) is 19.9 Å². The number of carbonyl (C=O) groups is 1. The third-order valence-corrected chi connectivity index (χ3v) is 3.78. The van der Waals surface area contributed by atoms with Gasteiger partial charge in [-0.15, -0.1) is 0 Å². The lowest BCUT2D eigenvalue weighted by atomic mass is 10.1. The summed E-state index contributed by atoms with van der Waals surface area (Å²) in [5, 5.41) is 0. The van der Waals surface area contributed by atoms with E-state index in [1.807, 2.05) is 31.2 Å². The van der Waals surface area contributed by atoms with Gasteiger partial charge >= 0.3 is 0 Å². The summed E-state index contributed by atoms with van der Waals surface area (Å²) >= 11 is 3.49. The van der Waals surface area contributed by atoms with Crippen LogP contribution in [0, 0.1) is 0 Å². The van der Waals surface area contributed by atoms with E-state index in [2.05, 4.69) is 15.9 Å². The van der Waals surface area contributed by atoms with Crippen LogP contribution in [0.5, 0.6) is 0 Å². The number of nitrogens with zero attached hydrogens (tertiary/aromatic N) is 1. The summed E-state index contributed by atoms with van der Waals surface area (Å²) in [4.78, 5) is 14.1. The third kappa shape index (κ3) is 3.07. The first kappa shape index (κ1) is 13.9. The minimum atomic E-state index is -0.0126. The van der Waals surface area contributed by atoms with Crippen LogP contribution in [0.15, 0.2) is 45.5 Å². The Labute approximate surface area is 121 Å². The quantitative estimate of drug-likeness (QED) is 0.856. The third-order valence-electron chi connectivity index (χ3n) is 3.01. The summed E-state index contributed by atoms with van der Waals surface area (Å²) in [5.74, 6) is 0.727. The van der Waals surface area contributed by atoms with Gasteiger partial charge in [0, 0.05) is 24.5 Å². The molecule has 3 nitrogen and oxygen atoms in total. The maximum atomic E-state index is 12.4. The van der Waals surface area contributed by atoms with Gasteiger partial charge in [0.2, 0.25) is 0 Å². The van der Waals surface area contributed by atoms with Crippen LogP contribution in [0.25, 0.3) is 0 Å². The Balaban J connectivity index is 2.14. The second-order valence-corrected chi connectivity index (χ2v) is 5.22. The van der Waals surface area contributed by atoms with Crippen molar-refractivity contribution < 1.29 is 9.21 Å². The minimum absolute atomic E-state index is 0.0126. The van der Waals surface area contributed by atoms with Crippen molar-refractivity contribution in [2.24, 2.45) is 0 Å². The summed E-state index contributed by atoms with van der Waals surface area (Å²) in [6.07, 6.45) is 2.29. The zero-order chi connectivity index (χ0) is 13.8. The first-order valence-electron chi connectivity index (χ1n) is 6.18. The van der Waals surface area contributed by atoms with Gasteiger partial charge in [-0.3, -0.25) is 4.79 Å². The lowest BCUT2D eigenvalue weighted by Crippen LogP contribution is -2.26. The van der Waals surface area contributed by atoms with Gasteiger partial charge in [0.15, 0.2) is 0 Å². The number of amides is 1. The number of rotatable bonds is 4. The molecule has 0 unspecified atom stereocenters. The lowest BCUT2D eigenvalue weighted by molar-refractivity contribution is 0.0782. The fourth-order valence-corrected chi connectivity index (χ4v) is 2.37. The second-order valence-electron chi connectivity index (χ2n) is 4.36. The molecule has 0 spiro atoms. The fraction of sp³-hybridized carbons (Fsp3) is 0.267. The van der Waals surface area contributed by atoms with E-state index < -0.39 is 0 Å². The fourth-order valence-electron chi connectivity index (χ4n) is 1.96. The molecular weight excluding hydrogens is 306 g/mol. The molecule has 1 aromatic heterocycles. The number of halogens is 1. The van der Waals surface area contributed by atoms with Gasteiger partial charge in [-0.2, -0.15) is 0 Å². The van der Waals surface area contributed by atoms with Crippen LogP contribution in [-0.2, 0) is 13.0 Å². The van der Waals surface area contributed by atoms with E-state index in [1.54, 1.807) is 24.3 Å². The van der Waals surface area contributed by atoms with Gasteiger partial charge in [0.05, 0.1) is 11.8 Å². The summed E-state index contributed by atoms with van der Waals surface area (Å²) in [6, 6.07) is 9.64. The molecule has 0 atom stereocenters. The maximum absolute atomic E-state index is 12.4. The van der Waals surface area contributed by atoms with Crippen LogP contribution in [0.4, 0.5) is 0 Å². The van der Waals surface area contributed by atoms with E-state index in [1.165, 1.54) is 0 Å². The molecular formula is C15H16BrNO2. The summed E-state index contributed by atoms with van der Waals surface area (Å²) in [5.41, 5.74) is 1.73. The topological polar surface area (TPSA) is 33.5 Å². The molecule has 100 valence electrons. The summed E-state index contributed by atoms with van der Waals surface area (Å²) in [6.45, 7) is 2.54. The zero-order valence-corrected chi connectivity index (χ0v) is 12.6. The zero-order valence-electron chi connectivity index (χ0n) is 11.0. The molecule has 19 heavy (non-hydrogen) atoms.